The minimum Gasteiger partial charge on any atom is -0.207 e. The molecular formula is C17H27ClO2S. The Hall–Kier alpha value is -0.540. The number of hydrogen-bond acceptors (Lipinski definition) is 2. The molecule has 0 saturated heterocycles. The summed E-state index contributed by atoms with van der Waals surface area (Å²) in [6, 6.07) is 6.90. The quantitative estimate of drug-likeness (QED) is 0.386. The van der Waals surface area contributed by atoms with Gasteiger partial charge in [0.25, 0.3) is 9.05 Å². The van der Waals surface area contributed by atoms with Crippen LogP contribution in [0.5, 0.6) is 0 Å². The van der Waals surface area contributed by atoms with E-state index in [9.17, 15) is 8.42 Å². The molecule has 0 aliphatic carbocycles. The van der Waals surface area contributed by atoms with E-state index >= 15 is 0 Å². The molecule has 1 rings (SSSR count). The van der Waals surface area contributed by atoms with Crippen LogP contribution in [0.3, 0.4) is 0 Å². The van der Waals surface area contributed by atoms with Crippen molar-refractivity contribution in [3.05, 3.63) is 29.8 Å². The van der Waals surface area contributed by atoms with Gasteiger partial charge in [-0.15, -0.1) is 0 Å². The van der Waals surface area contributed by atoms with Crippen LogP contribution >= 0.6 is 10.7 Å². The van der Waals surface area contributed by atoms with Crippen molar-refractivity contribution in [3.63, 3.8) is 0 Å². The van der Waals surface area contributed by atoms with Crippen LogP contribution in [-0.2, 0) is 15.5 Å². The lowest BCUT2D eigenvalue weighted by Gasteiger charge is -2.03. The highest BCUT2D eigenvalue weighted by atomic mass is 35.7. The highest BCUT2D eigenvalue weighted by Crippen LogP contribution is 2.17. The number of hydrogen-bond donors (Lipinski definition) is 0. The normalized spacial score (nSPS) is 11.7. The molecule has 1 aromatic carbocycles. The monoisotopic (exact) mass is 330 g/mol. The third-order valence-electron chi connectivity index (χ3n) is 3.77. The molecule has 0 N–H and O–H groups in total. The van der Waals surface area contributed by atoms with Crippen LogP contribution in [0.2, 0.25) is 0 Å². The van der Waals surface area contributed by atoms with Crippen LogP contribution < -0.4 is 0 Å². The zero-order valence-corrected chi connectivity index (χ0v) is 14.6. The first-order chi connectivity index (χ1) is 10.0. The molecular weight excluding hydrogens is 304 g/mol. The van der Waals surface area contributed by atoms with E-state index in [2.05, 4.69) is 6.92 Å². The molecule has 0 aromatic heterocycles. The van der Waals surface area contributed by atoms with Crippen LogP contribution in [0, 0.1) is 0 Å². The first-order valence-corrected chi connectivity index (χ1v) is 10.4. The number of halogens is 1. The largest absolute Gasteiger partial charge is 0.261 e. The van der Waals surface area contributed by atoms with Crippen molar-refractivity contribution in [3.8, 4) is 0 Å². The summed E-state index contributed by atoms with van der Waals surface area (Å²) in [6.45, 7) is 2.25. The SMILES string of the molecule is CCCCCCCCCCCc1ccc(S(=O)(=O)Cl)cc1. The van der Waals surface area contributed by atoms with E-state index < -0.39 is 9.05 Å². The van der Waals surface area contributed by atoms with Crippen molar-refractivity contribution < 1.29 is 8.42 Å². The Bertz CT molecular complexity index is 480. The molecule has 21 heavy (non-hydrogen) atoms. The summed E-state index contributed by atoms with van der Waals surface area (Å²) in [5.41, 5.74) is 1.18. The number of benzene rings is 1. The Balaban J connectivity index is 2.10. The minimum atomic E-state index is -3.59. The summed E-state index contributed by atoms with van der Waals surface area (Å²) in [6.07, 6.45) is 12.9. The molecule has 2 nitrogen and oxygen atoms in total. The van der Waals surface area contributed by atoms with E-state index in [0.29, 0.717) is 0 Å². The highest BCUT2D eigenvalue weighted by Gasteiger charge is 2.08. The summed E-state index contributed by atoms with van der Waals surface area (Å²) in [5, 5.41) is 0. The predicted molar refractivity (Wildman–Crippen MR) is 90.4 cm³/mol. The molecule has 0 aliphatic rings. The summed E-state index contributed by atoms with van der Waals surface area (Å²) in [4.78, 5) is 0.181. The van der Waals surface area contributed by atoms with Gasteiger partial charge in [0.1, 0.15) is 0 Å². The number of unbranched alkanes of at least 4 members (excludes halogenated alkanes) is 8. The average Bonchev–Trinajstić information content (AvgIpc) is 2.45. The standard InChI is InChI=1S/C17H27ClO2S/c1-2-3-4-5-6-7-8-9-10-11-16-12-14-17(15-13-16)21(18,19)20/h12-15H,2-11H2,1H3. The summed E-state index contributed by atoms with van der Waals surface area (Å²) < 4.78 is 22.3. The van der Waals surface area contributed by atoms with Gasteiger partial charge in [0.2, 0.25) is 0 Å². The van der Waals surface area contributed by atoms with Gasteiger partial charge in [0, 0.05) is 10.7 Å². The fourth-order valence-electron chi connectivity index (χ4n) is 2.46. The molecule has 0 radical (unpaired) electrons. The van der Waals surface area contributed by atoms with Gasteiger partial charge in [-0.25, -0.2) is 8.42 Å². The lowest BCUT2D eigenvalue weighted by Crippen LogP contribution is -1.92. The van der Waals surface area contributed by atoms with Crippen molar-refractivity contribution in [2.45, 2.75) is 76.0 Å². The van der Waals surface area contributed by atoms with E-state index in [1.807, 2.05) is 12.1 Å². The molecule has 0 amide bonds. The second-order valence-electron chi connectivity index (χ2n) is 5.66. The van der Waals surface area contributed by atoms with Gasteiger partial charge >= 0.3 is 0 Å². The third-order valence-corrected chi connectivity index (χ3v) is 5.14. The first-order valence-electron chi connectivity index (χ1n) is 8.07. The van der Waals surface area contributed by atoms with Crippen molar-refractivity contribution in [1.29, 1.82) is 0 Å². The minimum absolute atomic E-state index is 0.181. The molecule has 0 unspecified atom stereocenters. The van der Waals surface area contributed by atoms with Gasteiger partial charge in [-0.3, -0.25) is 0 Å². The van der Waals surface area contributed by atoms with E-state index in [4.69, 9.17) is 10.7 Å². The summed E-state index contributed by atoms with van der Waals surface area (Å²) in [5.74, 6) is 0. The zero-order valence-electron chi connectivity index (χ0n) is 13.0. The van der Waals surface area contributed by atoms with Crippen molar-refractivity contribution >= 4 is 19.7 Å². The summed E-state index contributed by atoms with van der Waals surface area (Å²) >= 11 is 0. The molecule has 0 atom stereocenters. The van der Waals surface area contributed by atoms with Crippen LogP contribution in [0.25, 0.3) is 0 Å². The summed E-state index contributed by atoms with van der Waals surface area (Å²) in [7, 11) is 1.70. The third kappa shape index (κ3) is 8.47. The number of aryl methyl sites for hydroxylation is 1. The zero-order chi connectivity index (χ0) is 15.6. The van der Waals surface area contributed by atoms with Gasteiger partial charge in [-0.1, -0.05) is 70.4 Å². The Morgan fingerprint density at radius 1 is 0.810 bits per heavy atom. The molecule has 0 fully saturated rings. The second-order valence-corrected chi connectivity index (χ2v) is 8.23. The molecule has 0 saturated carbocycles. The van der Waals surface area contributed by atoms with Crippen molar-refractivity contribution in [2.75, 3.05) is 0 Å². The molecule has 0 bridgehead atoms. The van der Waals surface area contributed by atoms with Crippen LogP contribution in [0.4, 0.5) is 0 Å². The maximum absolute atomic E-state index is 11.1. The van der Waals surface area contributed by atoms with E-state index in [-0.39, 0.29) is 4.90 Å². The lowest BCUT2D eigenvalue weighted by molar-refractivity contribution is 0.565. The van der Waals surface area contributed by atoms with Gasteiger partial charge in [-0.05, 0) is 30.5 Å². The fraction of sp³-hybridized carbons (Fsp3) is 0.647. The second kappa shape index (κ2) is 10.2. The Kier molecular flexibility index (Phi) is 9.02. The molecule has 4 heteroatoms. The average molecular weight is 331 g/mol. The van der Waals surface area contributed by atoms with E-state index in [0.717, 1.165) is 6.42 Å². The smallest absolute Gasteiger partial charge is 0.207 e. The van der Waals surface area contributed by atoms with Crippen LogP contribution in [-0.4, -0.2) is 8.42 Å². The maximum Gasteiger partial charge on any atom is 0.261 e. The Morgan fingerprint density at radius 2 is 1.29 bits per heavy atom. The Labute approximate surface area is 134 Å². The lowest BCUT2D eigenvalue weighted by atomic mass is 10.0. The van der Waals surface area contributed by atoms with Gasteiger partial charge in [-0.2, -0.15) is 0 Å². The maximum atomic E-state index is 11.1. The molecule has 1 aromatic rings. The van der Waals surface area contributed by atoms with E-state index in [1.165, 1.54) is 63.4 Å². The molecule has 0 spiro atoms. The fourth-order valence-corrected chi connectivity index (χ4v) is 3.23. The Morgan fingerprint density at radius 3 is 1.76 bits per heavy atom. The van der Waals surface area contributed by atoms with Gasteiger partial charge in [0.05, 0.1) is 4.90 Å². The highest BCUT2D eigenvalue weighted by molar-refractivity contribution is 8.13. The van der Waals surface area contributed by atoms with Crippen LogP contribution in [0.15, 0.2) is 29.2 Å². The predicted octanol–water partition coefficient (Wildman–Crippen LogP) is 5.69. The molecule has 0 heterocycles. The van der Waals surface area contributed by atoms with Crippen LogP contribution in [0.1, 0.15) is 70.3 Å². The first kappa shape index (κ1) is 18.5. The molecule has 0 aliphatic heterocycles. The van der Waals surface area contributed by atoms with Gasteiger partial charge in [0.15, 0.2) is 0 Å². The van der Waals surface area contributed by atoms with Crippen molar-refractivity contribution in [2.24, 2.45) is 0 Å². The van der Waals surface area contributed by atoms with Gasteiger partial charge < -0.3 is 0 Å². The molecule has 120 valence electrons. The number of rotatable bonds is 11. The van der Waals surface area contributed by atoms with Crippen molar-refractivity contribution in [1.82, 2.24) is 0 Å². The van der Waals surface area contributed by atoms with E-state index in [1.54, 1.807) is 12.1 Å². The topological polar surface area (TPSA) is 34.1 Å².